The quantitative estimate of drug-likeness (QED) is 0.541. The van der Waals surface area contributed by atoms with E-state index in [2.05, 4.69) is 43.9 Å². The van der Waals surface area contributed by atoms with Crippen molar-refractivity contribution in [3.05, 3.63) is 71.3 Å². The molecule has 2 aromatic carbocycles. The highest BCUT2D eigenvalue weighted by Gasteiger charge is 2.56. The van der Waals surface area contributed by atoms with Crippen LogP contribution < -0.4 is 0 Å². The van der Waals surface area contributed by atoms with Crippen LogP contribution in [0, 0.1) is 6.92 Å². The third-order valence-corrected chi connectivity index (χ3v) is 8.68. The van der Waals surface area contributed by atoms with Crippen molar-refractivity contribution in [1.29, 1.82) is 0 Å². The molecule has 2 aromatic rings. The second-order valence-corrected chi connectivity index (χ2v) is 15.8. The maximum atomic E-state index is 13.0. The molecule has 0 saturated carbocycles. The van der Waals surface area contributed by atoms with Gasteiger partial charge in [-0.3, -0.25) is 0 Å². The summed E-state index contributed by atoms with van der Waals surface area (Å²) in [6, 6.07) is 18.9. The van der Waals surface area contributed by atoms with Crippen molar-refractivity contribution in [2.45, 2.75) is 44.7 Å². The minimum atomic E-state index is -3.26. The van der Waals surface area contributed by atoms with E-state index in [4.69, 9.17) is 0 Å². The molecule has 1 aliphatic heterocycles. The van der Waals surface area contributed by atoms with Gasteiger partial charge in [0.2, 0.25) is 10.0 Å². The summed E-state index contributed by atoms with van der Waals surface area (Å²) in [6.07, 6.45) is 0. The van der Waals surface area contributed by atoms with Gasteiger partial charge in [-0.2, -0.15) is 4.31 Å². The van der Waals surface area contributed by atoms with Gasteiger partial charge in [-0.1, -0.05) is 79.8 Å². The lowest BCUT2D eigenvalue weighted by Crippen LogP contribution is -2.27. The minimum absolute atomic E-state index is 0.0736. The van der Waals surface area contributed by atoms with E-state index in [1.54, 1.807) is 4.31 Å². The number of aryl methyl sites for hydroxylation is 1. The van der Waals surface area contributed by atoms with Gasteiger partial charge >= 0.3 is 0 Å². The zero-order chi connectivity index (χ0) is 18.2. The van der Waals surface area contributed by atoms with Crippen LogP contribution in [-0.2, 0) is 10.0 Å². The fourth-order valence-electron chi connectivity index (χ4n) is 3.17. The number of hydrogen-bond donors (Lipinski definition) is 0. The molecule has 0 bridgehead atoms. The first-order chi connectivity index (χ1) is 11.7. The number of benzene rings is 2. The zero-order valence-corrected chi connectivity index (χ0v) is 17.3. The van der Waals surface area contributed by atoms with Gasteiger partial charge in [-0.25, -0.2) is 8.42 Å². The Hall–Kier alpha value is -1.43. The highest BCUT2D eigenvalue weighted by Crippen LogP contribution is 2.56. The largest absolute Gasteiger partial charge is 0.215 e. The van der Waals surface area contributed by atoms with E-state index in [1.165, 1.54) is 5.56 Å². The van der Waals surface area contributed by atoms with Gasteiger partial charge in [0.1, 0.15) is 0 Å². The van der Waals surface area contributed by atoms with E-state index in [0.717, 1.165) is 17.2 Å². The van der Waals surface area contributed by atoms with Gasteiger partial charge in [0.25, 0.3) is 0 Å². The Balaban J connectivity index is 1.90. The zero-order valence-electron chi connectivity index (χ0n) is 15.4. The van der Waals surface area contributed by atoms with Crippen LogP contribution in [0.5, 0.6) is 0 Å². The molecule has 1 saturated heterocycles. The fraction of sp³-hybridized carbons (Fsp3) is 0.400. The van der Waals surface area contributed by atoms with Crippen LogP contribution in [0.4, 0.5) is 0 Å². The molecule has 3 atom stereocenters. The van der Waals surface area contributed by atoms with Gasteiger partial charge in [0.05, 0.1) is 17.8 Å². The molecule has 0 aromatic heterocycles. The van der Waals surface area contributed by atoms with E-state index in [-0.39, 0.29) is 17.8 Å². The molecule has 0 spiro atoms. The molecule has 1 unspecified atom stereocenters. The number of hydrogen-bond acceptors (Lipinski definition) is 2. The van der Waals surface area contributed by atoms with Crippen molar-refractivity contribution >= 4 is 18.1 Å². The summed E-state index contributed by atoms with van der Waals surface area (Å²) in [5.41, 5.74) is 3.34. The van der Waals surface area contributed by atoms with Crippen molar-refractivity contribution in [3.8, 4) is 0 Å². The Kier molecular flexibility index (Phi) is 4.92. The summed E-state index contributed by atoms with van der Waals surface area (Å²) in [5.74, 6) is 0.258. The number of nitrogens with zero attached hydrogens (tertiary/aromatic N) is 1. The normalized spacial score (nSPS) is 23.4. The monoisotopic (exact) mass is 373 g/mol. The third kappa shape index (κ3) is 4.22. The van der Waals surface area contributed by atoms with E-state index < -0.39 is 18.1 Å². The van der Waals surface area contributed by atoms with E-state index in [0.29, 0.717) is 0 Å². The Labute approximate surface area is 152 Å². The maximum Gasteiger partial charge on any atom is 0.215 e. The van der Waals surface area contributed by atoms with E-state index in [9.17, 15) is 8.42 Å². The lowest BCUT2D eigenvalue weighted by atomic mass is 10.0. The van der Waals surface area contributed by atoms with Crippen molar-refractivity contribution in [1.82, 2.24) is 4.31 Å². The molecule has 0 N–H and O–H groups in total. The van der Waals surface area contributed by atoms with Crippen LogP contribution in [0.25, 0.3) is 0 Å². The van der Waals surface area contributed by atoms with Crippen LogP contribution >= 0.6 is 0 Å². The van der Waals surface area contributed by atoms with Crippen LogP contribution in [0.15, 0.2) is 54.6 Å². The Morgan fingerprint density at radius 1 is 0.880 bits per heavy atom. The van der Waals surface area contributed by atoms with Crippen LogP contribution in [0.2, 0.25) is 25.7 Å². The first kappa shape index (κ1) is 18.4. The molecule has 25 heavy (non-hydrogen) atoms. The lowest BCUT2D eigenvalue weighted by molar-refractivity contribution is 0.548. The summed E-state index contributed by atoms with van der Waals surface area (Å²) in [4.78, 5) is 0. The molecule has 1 aliphatic rings. The molecule has 0 radical (unpaired) electrons. The number of sulfonamides is 1. The second kappa shape index (κ2) is 6.70. The molecule has 0 aliphatic carbocycles. The van der Waals surface area contributed by atoms with Crippen molar-refractivity contribution in [3.63, 3.8) is 0 Å². The topological polar surface area (TPSA) is 37.1 Å². The van der Waals surface area contributed by atoms with Gasteiger partial charge in [0, 0.05) is 8.07 Å². The van der Waals surface area contributed by atoms with Crippen LogP contribution in [-0.4, -0.2) is 26.5 Å². The SMILES string of the molecule is Cc1ccc([C@@H]2[C@@H](c3ccccc3)N2S(=O)(=O)CC[Si](C)(C)C)cc1. The number of rotatable bonds is 6. The first-order valence-corrected chi connectivity index (χ1v) is 14.1. The second-order valence-electron chi connectivity index (χ2n) is 8.17. The summed E-state index contributed by atoms with van der Waals surface area (Å²) in [6.45, 7) is 8.71. The molecule has 5 heteroatoms. The average Bonchev–Trinajstić information content (AvgIpc) is 3.31. The predicted molar refractivity (Wildman–Crippen MR) is 107 cm³/mol. The minimum Gasteiger partial charge on any atom is -0.212 e. The molecule has 3 nitrogen and oxygen atoms in total. The van der Waals surface area contributed by atoms with Crippen molar-refractivity contribution in [2.75, 3.05) is 5.75 Å². The standard InChI is InChI=1S/C20H27NO2SSi/c1-16-10-12-18(13-11-16)20-19(17-8-6-5-7-9-17)21(20)24(22,23)14-15-25(2,3)4/h5-13,19-20H,14-15H2,1-4H3/t19-,20-,21?/m1/s1. The summed E-state index contributed by atoms with van der Waals surface area (Å²) in [5, 5.41) is 0. The van der Waals surface area contributed by atoms with Crippen molar-refractivity contribution in [2.24, 2.45) is 0 Å². The van der Waals surface area contributed by atoms with Gasteiger partial charge in [0.15, 0.2) is 0 Å². The van der Waals surface area contributed by atoms with E-state index >= 15 is 0 Å². The third-order valence-electron chi connectivity index (χ3n) is 4.75. The highest BCUT2D eigenvalue weighted by molar-refractivity contribution is 7.89. The lowest BCUT2D eigenvalue weighted by Gasteiger charge is -2.16. The van der Waals surface area contributed by atoms with Gasteiger partial charge in [-0.05, 0) is 24.1 Å². The Morgan fingerprint density at radius 2 is 1.40 bits per heavy atom. The van der Waals surface area contributed by atoms with Crippen LogP contribution in [0.3, 0.4) is 0 Å². The smallest absolute Gasteiger partial charge is 0.212 e. The summed E-state index contributed by atoms with van der Waals surface area (Å²) in [7, 11) is -4.66. The average molecular weight is 374 g/mol. The first-order valence-electron chi connectivity index (χ1n) is 8.82. The van der Waals surface area contributed by atoms with E-state index in [1.807, 2.05) is 37.3 Å². The summed E-state index contributed by atoms with van der Waals surface area (Å²) >= 11 is 0. The van der Waals surface area contributed by atoms with Crippen LogP contribution in [0.1, 0.15) is 28.8 Å². The molecular formula is C20H27NO2SSi. The van der Waals surface area contributed by atoms with Gasteiger partial charge in [-0.15, -0.1) is 0 Å². The highest BCUT2D eigenvalue weighted by atomic mass is 32.2. The molecule has 1 fully saturated rings. The molecule has 134 valence electrons. The maximum absolute atomic E-state index is 13.0. The Morgan fingerprint density at radius 3 is 1.92 bits per heavy atom. The van der Waals surface area contributed by atoms with Gasteiger partial charge < -0.3 is 0 Å². The fourth-order valence-corrected chi connectivity index (χ4v) is 7.97. The molecule has 3 rings (SSSR count). The molecular weight excluding hydrogens is 346 g/mol. The van der Waals surface area contributed by atoms with Crippen molar-refractivity contribution < 1.29 is 8.42 Å². The molecule has 1 heterocycles. The summed E-state index contributed by atoms with van der Waals surface area (Å²) < 4.78 is 27.8. The Bertz CT molecular complexity index is 826. The molecule has 0 amide bonds. The predicted octanol–water partition coefficient (Wildman–Crippen LogP) is 4.76.